The van der Waals surface area contributed by atoms with E-state index in [1.807, 2.05) is 25.1 Å². The van der Waals surface area contributed by atoms with Gasteiger partial charge in [0.15, 0.2) is 5.82 Å². The Kier molecular flexibility index (Phi) is 4.84. The van der Waals surface area contributed by atoms with Crippen LogP contribution in [0.2, 0.25) is 0 Å². The van der Waals surface area contributed by atoms with Gasteiger partial charge in [-0.05, 0) is 13.0 Å². The predicted molar refractivity (Wildman–Crippen MR) is 76.7 cm³/mol. The summed E-state index contributed by atoms with van der Waals surface area (Å²) in [4.78, 5) is 13.3. The standard InChI is InChI=1S/C14H18N4O2/c1-4-15-12-8-10(9-19-2)16-14(18-12)11-6-5-7-13(17-11)20-3/h5-8H,4,9H2,1-3H3,(H,15,16,18). The molecule has 6 nitrogen and oxygen atoms in total. The summed E-state index contributed by atoms with van der Waals surface area (Å²) in [7, 11) is 3.22. The number of pyridine rings is 1. The molecule has 2 rings (SSSR count). The molecule has 0 fully saturated rings. The van der Waals surface area contributed by atoms with Crippen LogP contribution in [0, 0.1) is 0 Å². The van der Waals surface area contributed by atoms with Gasteiger partial charge >= 0.3 is 0 Å². The molecule has 106 valence electrons. The first-order valence-corrected chi connectivity index (χ1v) is 6.39. The van der Waals surface area contributed by atoms with E-state index in [0.29, 0.717) is 24.0 Å². The molecular formula is C14H18N4O2. The number of methoxy groups -OCH3 is 2. The first-order chi connectivity index (χ1) is 9.76. The van der Waals surface area contributed by atoms with Crippen molar-refractivity contribution >= 4 is 5.82 Å². The van der Waals surface area contributed by atoms with Crippen molar-refractivity contribution in [1.29, 1.82) is 0 Å². The number of ether oxygens (including phenoxy) is 2. The lowest BCUT2D eigenvalue weighted by Crippen LogP contribution is -2.05. The highest BCUT2D eigenvalue weighted by molar-refractivity contribution is 5.53. The average Bonchev–Trinajstić information content (AvgIpc) is 2.48. The maximum Gasteiger partial charge on any atom is 0.213 e. The van der Waals surface area contributed by atoms with Crippen molar-refractivity contribution in [2.45, 2.75) is 13.5 Å². The number of hydrogen-bond donors (Lipinski definition) is 1. The lowest BCUT2D eigenvalue weighted by Gasteiger charge is -2.08. The van der Waals surface area contributed by atoms with Crippen LogP contribution in [0.1, 0.15) is 12.6 Å². The topological polar surface area (TPSA) is 69.2 Å². The van der Waals surface area contributed by atoms with Gasteiger partial charge in [0, 0.05) is 25.8 Å². The van der Waals surface area contributed by atoms with E-state index in [-0.39, 0.29) is 0 Å². The summed E-state index contributed by atoms with van der Waals surface area (Å²) in [5, 5.41) is 3.18. The molecule has 6 heteroatoms. The Morgan fingerprint density at radius 2 is 2.00 bits per heavy atom. The van der Waals surface area contributed by atoms with Crippen molar-refractivity contribution in [2.75, 3.05) is 26.1 Å². The Morgan fingerprint density at radius 3 is 2.70 bits per heavy atom. The van der Waals surface area contributed by atoms with Crippen molar-refractivity contribution < 1.29 is 9.47 Å². The fourth-order valence-corrected chi connectivity index (χ4v) is 1.76. The zero-order valence-corrected chi connectivity index (χ0v) is 11.9. The first-order valence-electron chi connectivity index (χ1n) is 6.39. The number of hydrogen-bond acceptors (Lipinski definition) is 6. The second-order valence-corrected chi connectivity index (χ2v) is 4.10. The molecule has 0 aliphatic rings. The maximum atomic E-state index is 5.13. The van der Waals surface area contributed by atoms with Crippen molar-refractivity contribution in [1.82, 2.24) is 15.0 Å². The van der Waals surface area contributed by atoms with Gasteiger partial charge in [-0.25, -0.2) is 15.0 Å². The molecule has 0 spiro atoms. The highest BCUT2D eigenvalue weighted by atomic mass is 16.5. The van der Waals surface area contributed by atoms with E-state index in [9.17, 15) is 0 Å². The molecule has 2 aromatic heterocycles. The Balaban J connectivity index is 2.42. The van der Waals surface area contributed by atoms with Gasteiger partial charge in [-0.1, -0.05) is 6.07 Å². The van der Waals surface area contributed by atoms with E-state index in [2.05, 4.69) is 20.3 Å². The summed E-state index contributed by atoms with van der Waals surface area (Å²) in [6.07, 6.45) is 0. The average molecular weight is 274 g/mol. The van der Waals surface area contributed by atoms with Crippen molar-refractivity contribution in [3.8, 4) is 17.4 Å². The normalized spacial score (nSPS) is 10.3. The smallest absolute Gasteiger partial charge is 0.213 e. The largest absolute Gasteiger partial charge is 0.481 e. The molecule has 0 atom stereocenters. The molecule has 2 heterocycles. The van der Waals surface area contributed by atoms with E-state index in [1.165, 1.54) is 0 Å². The number of rotatable bonds is 6. The highest BCUT2D eigenvalue weighted by Gasteiger charge is 2.09. The molecule has 0 bridgehead atoms. The Morgan fingerprint density at radius 1 is 1.15 bits per heavy atom. The summed E-state index contributed by atoms with van der Waals surface area (Å²) < 4.78 is 10.3. The molecule has 0 saturated carbocycles. The summed E-state index contributed by atoms with van der Waals surface area (Å²) in [5.74, 6) is 1.84. The minimum absolute atomic E-state index is 0.428. The Labute approximate surface area is 118 Å². The third-order valence-corrected chi connectivity index (χ3v) is 2.59. The molecule has 0 radical (unpaired) electrons. The highest BCUT2D eigenvalue weighted by Crippen LogP contribution is 2.19. The lowest BCUT2D eigenvalue weighted by atomic mass is 10.3. The molecule has 0 unspecified atom stereocenters. The van der Waals surface area contributed by atoms with Crippen LogP contribution in [0.3, 0.4) is 0 Å². The first kappa shape index (κ1) is 14.2. The maximum absolute atomic E-state index is 5.13. The number of aromatic nitrogens is 3. The molecule has 0 aliphatic heterocycles. The van der Waals surface area contributed by atoms with E-state index < -0.39 is 0 Å². The van der Waals surface area contributed by atoms with Crippen LogP contribution >= 0.6 is 0 Å². The fraction of sp³-hybridized carbons (Fsp3) is 0.357. The zero-order chi connectivity index (χ0) is 14.4. The van der Waals surface area contributed by atoms with Gasteiger partial charge in [0.05, 0.1) is 19.4 Å². The minimum Gasteiger partial charge on any atom is -0.481 e. The summed E-state index contributed by atoms with van der Waals surface area (Å²) in [6.45, 7) is 3.23. The van der Waals surface area contributed by atoms with Gasteiger partial charge in [0.25, 0.3) is 0 Å². The lowest BCUT2D eigenvalue weighted by molar-refractivity contribution is 0.181. The van der Waals surface area contributed by atoms with Crippen LogP contribution in [-0.4, -0.2) is 35.7 Å². The van der Waals surface area contributed by atoms with Crippen molar-refractivity contribution in [2.24, 2.45) is 0 Å². The molecule has 0 aliphatic carbocycles. The van der Waals surface area contributed by atoms with Crippen LogP contribution in [0.15, 0.2) is 24.3 Å². The fourth-order valence-electron chi connectivity index (χ4n) is 1.76. The monoisotopic (exact) mass is 274 g/mol. The molecule has 0 saturated heterocycles. The molecule has 0 aromatic carbocycles. The van der Waals surface area contributed by atoms with Gasteiger partial charge < -0.3 is 14.8 Å². The second-order valence-electron chi connectivity index (χ2n) is 4.10. The predicted octanol–water partition coefficient (Wildman–Crippen LogP) is 2.13. The number of nitrogens with one attached hydrogen (secondary N) is 1. The molecule has 20 heavy (non-hydrogen) atoms. The quantitative estimate of drug-likeness (QED) is 0.870. The minimum atomic E-state index is 0.428. The van der Waals surface area contributed by atoms with E-state index in [1.54, 1.807) is 20.3 Å². The SMILES string of the molecule is CCNc1cc(COC)nc(-c2cccc(OC)n2)n1. The second kappa shape index (κ2) is 6.81. The number of nitrogens with zero attached hydrogens (tertiary/aromatic N) is 3. The van der Waals surface area contributed by atoms with Gasteiger partial charge in [0.1, 0.15) is 11.5 Å². The summed E-state index contributed by atoms with van der Waals surface area (Å²) >= 11 is 0. The van der Waals surface area contributed by atoms with Gasteiger partial charge in [-0.3, -0.25) is 0 Å². The summed E-state index contributed by atoms with van der Waals surface area (Å²) in [6, 6.07) is 7.37. The number of anilines is 1. The Bertz CT molecular complexity index is 551. The van der Waals surface area contributed by atoms with Crippen molar-refractivity contribution in [3.63, 3.8) is 0 Å². The van der Waals surface area contributed by atoms with E-state index in [4.69, 9.17) is 9.47 Å². The molecule has 0 amide bonds. The van der Waals surface area contributed by atoms with Crippen LogP contribution in [0.4, 0.5) is 5.82 Å². The Hall–Kier alpha value is -2.21. The molecular weight excluding hydrogens is 256 g/mol. The molecule has 2 aromatic rings. The third-order valence-electron chi connectivity index (χ3n) is 2.59. The van der Waals surface area contributed by atoms with E-state index in [0.717, 1.165) is 18.1 Å². The van der Waals surface area contributed by atoms with Gasteiger partial charge in [0.2, 0.25) is 5.88 Å². The van der Waals surface area contributed by atoms with Crippen molar-refractivity contribution in [3.05, 3.63) is 30.0 Å². The van der Waals surface area contributed by atoms with Gasteiger partial charge in [-0.2, -0.15) is 0 Å². The van der Waals surface area contributed by atoms with Crippen LogP contribution in [-0.2, 0) is 11.3 Å². The van der Waals surface area contributed by atoms with Crippen LogP contribution in [0.25, 0.3) is 11.5 Å². The summed E-state index contributed by atoms with van der Waals surface area (Å²) in [5.41, 5.74) is 1.47. The third kappa shape index (κ3) is 3.42. The zero-order valence-electron chi connectivity index (χ0n) is 11.9. The van der Waals surface area contributed by atoms with Gasteiger partial charge in [-0.15, -0.1) is 0 Å². The molecule has 1 N–H and O–H groups in total. The van der Waals surface area contributed by atoms with Crippen LogP contribution in [0.5, 0.6) is 5.88 Å². The van der Waals surface area contributed by atoms with E-state index >= 15 is 0 Å². The van der Waals surface area contributed by atoms with Crippen LogP contribution < -0.4 is 10.1 Å².